The summed E-state index contributed by atoms with van der Waals surface area (Å²) in [5.41, 5.74) is 0.0303. The van der Waals surface area contributed by atoms with Crippen molar-refractivity contribution in [1.29, 1.82) is 0 Å². The van der Waals surface area contributed by atoms with Gasteiger partial charge in [0.1, 0.15) is 0 Å². The number of amides is 1. The maximum Gasteiger partial charge on any atom is 0.374 e. The lowest BCUT2D eigenvalue weighted by Gasteiger charge is -2.15. The van der Waals surface area contributed by atoms with Crippen molar-refractivity contribution in [3.8, 4) is 0 Å². The van der Waals surface area contributed by atoms with Gasteiger partial charge in [-0.25, -0.2) is 4.79 Å². The molecule has 0 saturated heterocycles. The van der Waals surface area contributed by atoms with Crippen molar-refractivity contribution >= 4 is 11.9 Å². The topological polar surface area (TPSA) is 92.4 Å². The van der Waals surface area contributed by atoms with Crippen LogP contribution in [0, 0.1) is 17.8 Å². The number of hydrogen-bond acceptors (Lipinski definition) is 4. The van der Waals surface area contributed by atoms with Crippen LogP contribution in [0.1, 0.15) is 46.7 Å². The van der Waals surface area contributed by atoms with Crippen LogP contribution in [-0.2, 0) is 0 Å². The number of hydrogen-bond donors (Lipinski definition) is 2. The number of carboxylic acid groups (broad SMARTS) is 1. The van der Waals surface area contributed by atoms with Crippen molar-refractivity contribution in [2.24, 2.45) is 17.8 Å². The molecule has 0 aliphatic heterocycles. The van der Waals surface area contributed by atoms with Crippen molar-refractivity contribution in [2.75, 3.05) is 6.54 Å². The van der Waals surface area contributed by atoms with E-state index in [0.29, 0.717) is 12.5 Å². The molecular formula is C13H16N2O4. The fourth-order valence-electron chi connectivity index (χ4n) is 2.55. The van der Waals surface area contributed by atoms with E-state index >= 15 is 0 Å². The fourth-order valence-corrected chi connectivity index (χ4v) is 2.55. The van der Waals surface area contributed by atoms with E-state index < -0.39 is 5.97 Å². The van der Waals surface area contributed by atoms with Crippen LogP contribution < -0.4 is 5.32 Å². The van der Waals surface area contributed by atoms with Gasteiger partial charge in [-0.05, 0) is 43.4 Å². The number of rotatable bonds is 6. The lowest BCUT2D eigenvalue weighted by Crippen LogP contribution is -2.31. The molecule has 1 aromatic rings. The molecule has 6 heteroatoms. The number of nitrogens with one attached hydrogen (secondary N) is 1. The van der Waals surface area contributed by atoms with Gasteiger partial charge in [-0.1, -0.05) is 5.16 Å². The fraction of sp³-hybridized carbons (Fsp3) is 0.615. The second-order valence-electron chi connectivity index (χ2n) is 5.43. The van der Waals surface area contributed by atoms with Gasteiger partial charge in [0.2, 0.25) is 5.76 Å². The second-order valence-corrected chi connectivity index (χ2v) is 5.43. The van der Waals surface area contributed by atoms with Crippen molar-refractivity contribution in [1.82, 2.24) is 10.5 Å². The molecule has 19 heavy (non-hydrogen) atoms. The van der Waals surface area contributed by atoms with Crippen LogP contribution in [0.3, 0.4) is 0 Å². The molecule has 0 radical (unpaired) electrons. The zero-order chi connectivity index (χ0) is 13.4. The molecule has 102 valence electrons. The van der Waals surface area contributed by atoms with E-state index in [1.807, 2.05) is 0 Å². The van der Waals surface area contributed by atoms with Gasteiger partial charge in [-0.3, -0.25) is 4.79 Å². The Balaban J connectivity index is 1.56. The van der Waals surface area contributed by atoms with E-state index in [-0.39, 0.29) is 17.4 Å². The maximum atomic E-state index is 11.8. The lowest BCUT2D eigenvalue weighted by atomic mass is 9.98. The van der Waals surface area contributed by atoms with Gasteiger partial charge in [0.05, 0.1) is 0 Å². The summed E-state index contributed by atoms with van der Waals surface area (Å²) in [6.45, 7) is 0.656. The minimum atomic E-state index is -1.22. The average molecular weight is 264 g/mol. The minimum Gasteiger partial charge on any atom is -0.475 e. The first kappa shape index (κ1) is 12.2. The molecule has 6 nitrogen and oxygen atoms in total. The molecule has 2 aliphatic carbocycles. The monoisotopic (exact) mass is 264 g/mol. The molecule has 1 heterocycles. The highest BCUT2D eigenvalue weighted by Crippen LogP contribution is 2.48. The smallest absolute Gasteiger partial charge is 0.374 e. The molecule has 0 unspecified atom stereocenters. The van der Waals surface area contributed by atoms with E-state index in [1.54, 1.807) is 0 Å². The molecular weight excluding hydrogens is 248 g/mol. The summed E-state index contributed by atoms with van der Waals surface area (Å²) < 4.78 is 4.56. The van der Waals surface area contributed by atoms with Crippen LogP contribution in [0.4, 0.5) is 0 Å². The van der Waals surface area contributed by atoms with Crippen LogP contribution in [-0.4, -0.2) is 28.7 Å². The highest BCUT2D eigenvalue weighted by molar-refractivity contribution is 5.94. The van der Waals surface area contributed by atoms with E-state index in [9.17, 15) is 9.59 Å². The third kappa shape index (κ3) is 2.77. The number of carbonyl (C=O) groups excluding carboxylic acids is 1. The number of aromatic carboxylic acids is 1. The Morgan fingerprint density at radius 1 is 1.37 bits per heavy atom. The van der Waals surface area contributed by atoms with Crippen LogP contribution >= 0.6 is 0 Å². The number of carboxylic acids is 1. The molecule has 3 rings (SSSR count). The molecule has 2 N–H and O–H groups in total. The average Bonchev–Trinajstić information content (AvgIpc) is 3.30. The SMILES string of the molecule is O=C(NCC(C1CC1)C1CC1)c1cc(C(=O)O)on1. The van der Waals surface area contributed by atoms with E-state index in [1.165, 1.54) is 25.7 Å². The quantitative estimate of drug-likeness (QED) is 0.813. The summed E-state index contributed by atoms with van der Waals surface area (Å²) >= 11 is 0. The molecule has 0 bridgehead atoms. The number of carbonyl (C=O) groups is 2. The van der Waals surface area contributed by atoms with Gasteiger partial charge in [-0.15, -0.1) is 0 Å². The van der Waals surface area contributed by atoms with E-state index in [4.69, 9.17) is 5.11 Å². The zero-order valence-corrected chi connectivity index (χ0v) is 10.5. The maximum absolute atomic E-state index is 11.8. The van der Waals surface area contributed by atoms with Crippen molar-refractivity contribution in [3.63, 3.8) is 0 Å². The summed E-state index contributed by atoms with van der Waals surface area (Å²) in [7, 11) is 0. The Morgan fingerprint density at radius 2 is 2.00 bits per heavy atom. The zero-order valence-electron chi connectivity index (χ0n) is 10.5. The Morgan fingerprint density at radius 3 is 2.47 bits per heavy atom. The Labute approximate surface area is 110 Å². The number of aromatic nitrogens is 1. The summed E-state index contributed by atoms with van der Waals surface area (Å²) in [5.74, 6) is 0.211. The minimum absolute atomic E-state index is 0.0303. The molecule has 2 saturated carbocycles. The Kier molecular flexibility index (Phi) is 3.00. The van der Waals surface area contributed by atoms with Crippen LogP contribution in [0.25, 0.3) is 0 Å². The van der Waals surface area contributed by atoms with Crippen molar-refractivity contribution in [3.05, 3.63) is 17.5 Å². The summed E-state index contributed by atoms with van der Waals surface area (Å²) in [4.78, 5) is 22.5. The second kappa shape index (κ2) is 4.68. The van der Waals surface area contributed by atoms with E-state index in [2.05, 4.69) is 15.0 Å². The standard InChI is InChI=1S/C13H16N2O4/c16-12(10-5-11(13(17)18)19-15-10)14-6-9(7-1-2-7)8-3-4-8/h5,7-9H,1-4,6H2,(H,14,16)(H,17,18). The molecule has 0 atom stereocenters. The first-order valence-electron chi connectivity index (χ1n) is 6.63. The predicted octanol–water partition coefficient (Wildman–Crippen LogP) is 1.54. The highest BCUT2D eigenvalue weighted by atomic mass is 16.5. The molecule has 1 amide bonds. The van der Waals surface area contributed by atoms with E-state index in [0.717, 1.165) is 17.9 Å². The van der Waals surface area contributed by atoms with Crippen LogP contribution in [0.2, 0.25) is 0 Å². The molecule has 0 aromatic carbocycles. The normalized spacial score (nSPS) is 18.6. The predicted molar refractivity (Wildman–Crippen MR) is 64.7 cm³/mol. The molecule has 1 aromatic heterocycles. The summed E-state index contributed by atoms with van der Waals surface area (Å²) in [6.07, 6.45) is 5.07. The highest BCUT2D eigenvalue weighted by Gasteiger charge is 2.41. The van der Waals surface area contributed by atoms with Gasteiger partial charge in [-0.2, -0.15) is 0 Å². The first-order valence-corrected chi connectivity index (χ1v) is 6.63. The van der Waals surface area contributed by atoms with Gasteiger partial charge in [0.25, 0.3) is 5.91 Å². The van der Waals surface area contributed by atoms with Gasteiger partial charge in [0, 0.05) is 12.6 Å². The first-order chi connectivity index (χ1) is 9.15. The molecule has 2 fully saturated rings. The number of nitrogens with zero attached hydrogens (tertiary/aromatic N) is 1. The lowest BCUT2D eigenvalue weighted by molar-refractivity contribution is 0.0651. The molecule has 2 aliphatic rings. The van der Waals surface area contributed by atoms with Gasteiger partial charge >= 0.3 is 5.97 Å². The third-order valence-corrected chi connectivity index (χ3v) is 3.91. The van der Waals surface area contributed by atoms with Gasteiger partial charge < -0.3 is 14.9 Å². The summed E-state index contributed by atoms with van der Waals surface area (Å²) in [5, 5.41) is 15.0. The van der Waals surface area contributed by atoms with Crippen molar-refractivity contribution in [2.45, 2.75) is 25.7 Å². The summed E-state index contributed by atoms with van der Waals surface area (Å²) in [6, 6.07) is 1.15. The van der Waals surface area contributed by atoms with Gasteiger partial charge in [0.15, 0.2) is 5.69 Å². The third-order valence-electron chi connectivity index (χ3n) is 3.91. The van der Waals surface area contributed by atoms with Crippen LogP contribution in [0.15, 0.2) is 10.6 Å². The largest absolute Gasteiger partial charge is 0.475 e. The van der Waals surface area contributed by atoms with Crippen molar-refractivity contribution < 1.29 is 19.2 Å². The van der Waals surface area contributed by atoms with Crippen LogP contribution in [0.5, 0.6) is 0 Å². The molecule has 0 spiro atoms. The Bertz CT molecular complexity index is 490. The Hall–Kier alpha value is -1.85.